The molecule has 1 heterocycles. The average molecular weight is 254 g/mol. The third-order valence-electron chi connectivity index (χ3n) is 2.98. The molecule has 0 spiro atoms. The third-order valence-corrected chi connectivity index (χ3v) is 2.98. The number of aromatic hydroxyl groups is 1. The highest BCUT2D eigenvalue weighted by atomic mass is 16.3. The monoisotopic (exact) mass is 254 g/mol. The summed E-state index contributed by atoms with van der Waals surface area (Å²) in [6.45, 7) is 4.96. The van der Waals surface area contributed by atoms with Crippen LogP contribution >= 0.6 is 0 Å². The largest absolute Gasteiger partial charge is 0.494 e. The molecule has 0 aliphatic rings. The van der Waals surface area contributed by atoms with Crippen molar-refractivity contribution in [1.29, 1.82) is 0 Å². The molecular weight excluding hydrogens is 232 g/mol. The van der Waals surface area contributed by atoms with Crippen LogP contribution in [0.15, 0.2) is 15.7 Å². The van der Waals surface area contributed by atoms with Gasteiger partial charge < -0.3 is 5.11 Å². The van der Waals surface area contributed by atoms with Crippen LogP contribution in [0, 0.1) is 0 Å². The Balaban J connectivity index is 3.02. The maximum absolute atomic E-state index is 12.1. The van der Waals surface area contributed by atoms with Gasteiger partial charge in [0.15, 0.2) is 0 Å². The lowest BCUT2D eigenvalue weighted by Crippen LogP contribution is -2.39. The number of nitrogens with zero attached hydrogens (tertiary/aromatic N) is 2. The van der Waals surface area contributed by atoms with Gasteiger partial charge >= 0.3 is 5.69 Å². The van der Waals surface area contributed by atoms with E-state index in [9.17, 15) is 14.7 Å². The van der Waals surface area contributed by atoms with Crippen molar-refractivity contribution in [2.45, 2.75) is 59.0 Å². The van der Waals surface area contributed by atoms with Crippen molar-refractivity contribution >= 4 is 0 Å². The van der Waals surface area contributed by atoms with E-state index >= 15 is 0 Å². The lowest BCUT2D eigenvalue weighted by Gasteiger charge is -2.11. The Kier molecular flexibility index (Phi) is 5.68. The molecule has 5 heteroatoms. The van der Waals surface area contributed by atoms with E-state index in [1.54, 1.807) is 0 Å². The lowest BCUT2D eigenvalue weighted by atomic mass is 10.2. The first-order valence-corrected chi connectivity index (χ1v) is 6.65. The fourth-order valence-corrected chi connectivity index (χ4v) is 1.86. The maximum Gasteiger partial charge on any atom is 0.333 e. The smallest absolute Gasteiger partial charge is 0.333 e. The Labute approximate surface area is 107 Å². The normalized spacial score (nSPS) is 10.8. The van der Waals surface area contributed by atoms with Gasteiger partial charge in [-0.3, -0.25) is 13.9 Å². The summed E-state index contributed by atoms with van der Waals surface area (Å²) in [5.41, 5.74) is -0.817. The van der Waals surface area contributed by atoms with E-state index in [1.807, 2.05) is 6.92 Å². The van der Waals surface area contributed by atoms with Crippen LogP contribution in [-0.4, -0.2) is 14.2 Å². The molecule has 0 atom stereocenters. The summed E-state index contributed by atoms with van der Waals surface area (Å²) in [6, 6.07) is 1.13. The first-order chi connectivity index (χ1) is 8.61. The Morgan fingerprint density at radius 3 is 2.22 bits per heavy atom. The molecule has 0 aliphatic heterocycles. The molecule has 0 bridgehead atoms. The minimum absolute atomic E-state index is 0.228. The number of hydrogen-bond donors (Lipinski definition) is 1. The molecule has 1 aromatic rings. The standard InChI is InChI=1S/C13H22N2O3/c1-3-5-7-9-15-12(17)10-11(16)14(13(15)18)8-6-4-2/h10,17H,3-9H2,1-2H3. The van der Waals surface area contributed by atoms with Crippen molar-refractivity contribution < 1.29 is 5.11 Å². The molecule has 1 rings (SSSR count). The van der Waals surface area contributed by atoms with Crippen molar-refractivity contribution in [3.63, 3.8) is 0 Å². The average Bonchev–Trinajstić information content (AvgIpc) is 2.33. The Hall–Kier alpha value is -1.52. The highest BCUT2D eigenvalue weighted by Gasteiger charge is 2.09. The van der Waals surface area contributed by atoms with E-state index in [0.717, 1.165) is 38.2 Å². The van der Waals surface area contributed by atoms with E-state index in [4.69, 9.17) is 0 Å². The van der Waals surface area contributed by atoms with Crippen LogP contribution in [0.5, 0.6) is 5.88 Å². The Morgan fingerprint density at radius 1 is 1.00 bits per heavy atom. The minimum Gasteiger partial charge on any atom is -0.494 e. The van der Waals surface area contributed by atoms with E-state index in [-0.39, 0.29) is 5.88 Å². The molecule has 0 fully saturated rings. The van der Waals surface area contributed by atoms with E-state index in [2.05, 4.69) is 6.92 Å². The number of rotatable bonds is 7. The van der Waals surface area contributed by atoms with E-state index in [1.165, 1.54) is 9.13 Å². The summed E-state index contributed by atoms with van der Waals surface area (Å²) in [4.78, 5) is 23.7. The van der Waals surface area contributed by atoms with Crippen LogP contribution in [0.3, 0.4) is 0 Å². The molecule has 0 saturated heterocycles. The Bertz CT molecular complexity index is 488. The van der Waals surface area contributed by atoms with Gasteiger partial charge in [-0.15, -0.1) is 0 Å². The summed E-state index contributed by atoms with van der Waals surface area (Å²) in [6.07, 6.45) is 4.58. The molecule has 0 unspecified atom stereocenters. The van der Waals surface area contributed by atoms with Gasteiger partial charge in [0, 0.05) is 13.1 Å². The van der Waals surface area contributed by atoms with Gasteiger partial charge in [-0.05, 0) is 12.8 Å². The minimum atomic E-state index is -0.419. The topological polar surface area (TPSA) is 64.2 Å². The first kappa shape index (κ1) is 14.5. The number of unbranched alkanes of at least 4 members (excludes halogenated alkanes) is 3. The van der Waals surface area contributed by atoms with Crippen LogP contribution in [0.4, 0.5) is 0 Å². The summed E-state index contributed by atoms with van der Waals surface area (Å²) >= 11 is 0. The zero-order chi connectivity index (χ0) is 13.5. The van der Waals surface area contributed by atoms with E-state index in [0.29, 0.717) is 13.1 Å². The molecule has 1 aromatic heterocycles. The first-order valence-electron chi connectivity index (χ1n) is 6.65. The van der Waals surface area contributed by atoms with Gasteiger partial charge in [-0.1, -0.05) is 33.1 Å². The van der Waals surface area contributed by atoms with Gasteiger partial charge in [0.05, 0.1) is 6.07 Å². The zero-order valence-electron chi connectivity index (χ0n) is 11.2. The second-order valence-electron chi connectivity index (χ2n) is 4.49. The molecule has 102 valence electrons. The molecule has 18 heavy (non-hydrogen) atoms. The van der Waals surface area contributed by atoms with Crippen LogP contribution in [0.1, 0.15) is 46.0 Å². The second-order valence-corrected chi connectivity index (χ2v) is 4.49. The molecule has 0 aliphatic carbocycles. The highest BCUT2D eigenvalue weighted by molar-refractivity contribution is 5.07. The maximum atomic E-state index is 12.1. The molecule has 0 saturated carbocycles. The summed E-state index contributed by atoms with van der Waals surface area (Å²) in [7, 11) is 0. The SMILES string of the molecule is CCCCCn1c(O)cc(=O)n(CCCC)c1=O. The van der Waals surface area contributed by atoms with Crippen LogP contribution < -0.4 is 11.2 Å². The van der Waals surface area contributed by atoms with Crippen LogP contribution in [0.25, 0.3) is 0 Å². The fourth-order valence-electron chi connectivity index (χ4n) is 1.86. The van der Waals surface area contributed by atoms with Gasteiger partial charge in [-0.25, -0.2) is 4.79 Å². The van der Waals surface area contributed by atoms with Crippen molar-refractivity contribution in [3.05, 3.63) is 26.9 Å². The fraction of sp³-hybridized carbons (Fsp3) is 0.692. The molecule has 0 aromatic carbocycles. The van der Waals surface area contributed by atoms with Crippen molar-refractivity contribution in [1.82, 2.24) is 9.13 Å². The van der Waals surface area contributed by atoms with Gasteiger partial charge in [0.25, 0.3) is 5.56 Å². The molecule has 1 N–H and O–H groups in total. The van der Waals surface area contributed by atoms with Gasteiger partial charge in [0.1, 0.15) is 0 Å². The Morgan fingerprint density at radius 2 is 1.61 bits per heavy atom. The van der Waals surface area contributed by atoms with Crippen LogP contribution in [-0.2, 0) is 13.1 Å². The predicted octanol–water partition coefficient (Wildman–Crippen LogP) is 1.71. The zero-order valence-corrected chi connectivity index (χ0v) is 11.2. The molecule has 0 amide bonds. The quantitative estimate of drug-likeness (QED) is 0.753. The van der Waals surface area contributed by atoms with Crippen molar-refractivity contribution in [2.24, 2.45) is 0 Å². The predicted molar refractivity (Wildman–Crippen MR) is 71.1 cm³/mol. The molecule has 5 nitrogen and oxygen atoms in total. The summed E-state index contributed by atoms with van der Waals surface area (Å²) < 4.78 is 2.49. The summed E-state index contributed by atoms with van der Waals surface area (Å²) in [5.74, 6) is -0.228. The highest BCUT2D eigenvalue weighted by Crippen LogP contribution is 2.05. The van der Waals surface area contributed by atoms with Crippen molar-refractivity contribution in [3.8, 4) is 5.88 Å². The number of hydrogen-bond acceptors (Lipinski definition) is 3. The summed E-state index contributed by atoms with van der Waals surface area (Å²) in [5, 5.41) is 9.67. The van der Waals surface area contributed by atoms with Gasteiger partial charge in [0.2, 0.25) is 5.88 Å². The molecular formula is C13H22N2O3. The van der Waals surface area contributed by atoms with Gasteiger partial charge in [-0.2, -0.15) is 0 Å². The molecule has 0 radical (unpaired) electrons. The second kappa shape index (κ2) is 7.03. The van der Waals surface area contributed by atoms with Crippen molar-refractivity contribution in [2.75, 3.05) is 0 Å². The lowest BCUT2D eigenvalue weighted by molar-refractivity contribution is 0.380. The number of aromatic nitrogens is 2. The van der Waals surface area contributed by atoms with E-state index < -0.39 is 11.2 Å². The third kappa shape index (κ3) is 3.48. The van der Waals surface area contributed by atoms with Crippen LogP contribution in [0.2, 0.25) is 0 Å².